The van der Waals surface area contributed by atoms with E-state index in [4.69, 9.17) is 25.8 Å². The van der Waals surface area contributed by atoms with E-state index in [-0.39, 0.29) is 19.1 Å². The Morgan fingerprint density at radius 2 is 1.88 bits per heavy atom. The molecule has 32 heavy (non-hydrogen) atoms. The second-order valence-electron chi connectivity index (χ2n) is 6.59. The number of aromatic nitrogens is 4. The third kappa shape index (κ3) is 4.28. The molecule has 10 heteroatoms. The molecule has 2 aromatic heterocycles. The molecule has 2 heterocycles. The van der Waals surface area contributed by atoms with Gasteiger partial charge in [-0.25, -0.2) is 0 Å². The molecule has 0 aliphatic carbocycles. The van der Waals surface area contributed by atoms with Gasteiger partial charge in [-0.15, -0.1) is 15.3 Å². The van der Waals surface area contributed by atoms with E-state index in [1.165, 1.54) is 14.2 Å². The lowest BCUT2D eigenvalue weighted by Gasteiger charge is -2.12. The third-order valence-electron chi connectivity index (χ3n) is 4.64. The lowest BCUT2D eigenvalue weighted by atomic mass is 10.1. The Balaban J connectivity index is 1.42. The number of carbonyl (C=O) groups excluding carboxylic acids is 1. The van der Waals surface area contributed by atoms with Crippen LogP contribution < -0.4 is 19.5 Å². The first-order chi connectivity index (χ1) is 15.6. The molecule has 4 rings (SSSR count). The van der Waals surface area contributed by atoms with E-state index in [0.717, 1.165) is 0 Å². The molecule has 0 saturated heterocycles. The number of amides is 1. The number of hydrogen-bond donors (Lipinski definition) is 1. The van der Waals surface area contributed by atoms with Crippen LogP contribution in [0, 0.1) is 0 Å². The Hall–Kier alpha value is -3.85. The maximum atomic E-state index is 12.5. The van der Waals surface area contributed by atoms with Crippen LogP contribution in [0.2, 0.25) is 5.02 Å². The average molecular weight is 454 g/mol. The number of hydrogen-bond acceptors (Lipinski definition) is 7. The van der Waals surface area contributed by atoms with Gasteiger partial charge in [0.2, 0.25) is 5.88 Å². The Morgan fingerprint density at radius 3 is 2.66 bits per heavy atom. The topological polar surface area (TPSA) is 99.9 Å². The molecular weight excluding hydrogens is 434 g/mol. The van der Waals surface area contributed by atoms with Gasteiger partial charge in [-0.05, 0) is 30.3 Å². The Labute approximate surface area is 188 Å². The summed E-state index contributed by atoms with van der Waals surface area (Å²) in [7, 11) is 3.01. The van der Waals surface area contributed by atoms with Crippen molar-refractivity contribution in [3.05, 3.63) is 65.2 Å². The zero-order valence-electron chi connectivity index (χ0n) is 17.4. The van der Waals surface area contributed by atoms with Gasteiger partial charge in [-0.3, -0.25) is 4.79 Å². The SMILES string of the molecule is COc1cccc(C(=O)NCCOc2ccc3nnc(-c4ccccc4Cl)n3n2)c1OC. The molecule has 164 valence electrons. The van der Waals surface area contributed by atoms with E-state index >= 15 is 0 Å². The van der Waals surface area contributed by atoms with E-state index in [9.17, 15) is 4.79 Å². The van der Waals surface area contributed by atoms with Gasteiger partial charge < -0.3 is 19.5 Å². The lowest BCUT2D eigenvalue weighted by Crippen LogP contribution is -2.28. The first-order valence-electron chi connectivity index (χ1n) is 9.71. The first kappa shape index (κ1) is 21.4. The molecule has 1 amide bonds. The predicted octanol–water partition coefficient (Wildman–Crippen LogP) is 3.27. The summed E-state index contributed by atoms with van der Waals surface area (Å²) in [5, 5.41) is 16.1. The molecule has 4 aromatic rings. The van der Waals surface area contributed by atoms with Crippen molar-refractivity contribution in [3.63, 3.8) is 0 Å². The molecule has 2 aromatic carbocycles. The molecule has 0 radical (unpaired) electrons. The standard InChI is InChI=1S/C22H20ClN5O4/c1-30-17-9-5-7-15(20(17)31-2)22(29)24-12-13-32-19-11-10-18-25-26-21(28(18)27-19)14-6-3-4-8-16(14)23/h3-11H,12-13H2,1-2H3,(H,24,29). The Bertz CT molecular complexity index is 1260. The number of carbonyl (C=O) groups is 1. The third-order valence-corrected chi connectivity index (χ3v) is 4.97. The molecule has 0 aliphatic heterocycles. The summed E-state index contributed by atoms with van der Waals surface area (Å²) in [6.45, 7) is 0.471. The molecule has 0 unspecified atom stereocenters. The smallest absolute Gasteiger partial charge is 0.255 e. The summed E-state index contributed by atoms with van der Waals surface area (Å²) >= 11 is 6.28. The van der Waals surface area contributed by atoms with Crippen LogP contribution in [-0.4, -0.2) is 53.1 Å². The normalized spacial score (nSPS) is 10.7. The largest absolute Gasteiger partial charge is 0.493 e. The highest BCUT2D eigenvalue weighted by Crippen LogP contribution is 2.30. The van der Waals surface area contributed by atoms with Gasteiger partial charge in [-0.2, -0.15) is 4.52 Å². The van der Waals surface area contributed by atoms with Gasteiger partial charge in [0.25, 0.3) is 5.91 Å². The molecule has 0 atom stereocenters. The zero-order chi connectivity index (χ0) is 22.5. The van der Waals surface area contributed by atoms with Crippen molar-refractivity contribution < 1.29 is 19.0 Å². The maximum absolute atomic E-state index is 12.5. The summed E-state index contributed by atoms with van der Waals surface area (Å²) in [5.41, 5.74) is 1.65. The number of ether oxygens (including phenoxy) is 3. The molecular formula is C22H20ClN5O4. The quantitative estimate of drug-likeness (QED) is 0.409. The summed E-state index contributed by atoms with van der Waals surface area (Å²) in [6.07, 6.45) is 0. The summed E-state index contributed by atoms with van der Waals surface area (Å²) < 4.78 is 17.8. The number of rotatable bonds is 8. The number of fused-ring (bicyclic) bond motifs is 1. The number of nitrogens with zero attached hydrogens (tertiary/aromatic N) is 4. The fourth-order valence-electron chi connectivity index (χ4n) is 3.14. The van der Waals surface area contributed by atoms with Gasteiger partial charge in [0.15, 0.2) is 23.0 Å². The summed E-state index contributed by atoms with van der Waals surface area (Å²) in [4.78, 5) is 12.5. The second kappa shape index (κ2) is 9.52. The minimum Gasteiger partial charge on any atom is -0.493 e. The maximum Gasteiger partial charge on any atom is 0.255 e. The minimum absolute atomic E-state index is 0.208. The average Bonchev–Trinajstić information content (AvgIpc) is 3.24. The lowest BCUT2D eigenvalue weighted by molar-refractivity contribution is 0.0942. The van der Waals surface area contributed by atoms with Crippen LogP contribution in [0.15, 0.2) is 54.6 Å². The number of benzene rings is 2. The van der Waals surface area contributed by atoms with E-state index in [1.54, 1.807) is 40.9 Å². The molecule has 9 nitrogen and oxygen atoms in total. The van der Waals surface area contributed by atoms with Crippen molar-refractivity contribution in [2.24, 2.45) is 0 Å². The van der Waals surface area contributed by atoms with E-state index in [0.29, 0.717) is 45.0 Å². The highest BCUT2D eigenvalue weighted by Gasteiger charge is 2.16. The van der Waals surface area contributed by atoms with Crippen molar-refractivity contribution >= 4 is 23.2 Å². The number of nitrogens with one attached hydrogen (secondary N) is 1. The fourth-order valence-corrected chi connectivity index (χ4v) is 3.36. The van der Waals surface area contributed by atoms with Crippen molar-refractivity contribution in [2.45, 2.75) is 0 Å². The number of para-hydroxylation sites is 1. The molecule has 0 fully saturated rings. The van der Waals surface area contributed by atoms with Crippen LogP contribution in [-0.2, 0) is 0 Å². The predicted molar refractivity (Wildman–Crippen MR) is 119 cm³/mol. The van der Waals surface area contributed by atoms with Crippen molar-refractivity contribution in [1.29, 1.82) is 0 Å². The minimum atomic E-state index is -0.299. The highest BCUT2D eigenvalue weighted by molar-refractivity contribution is 6.33. The second-order valence-corrected chi connectivity index (χ2v) is 7.00. The van der Waals surface area contributed by atoms with Gasteiger partial charge in [0.1, 0.15) is 6.61 Å². The van der Waals surface area contributed by atoms with Crippen LogP contribution >= 0.6 is 11.6 Å². The summed E-state index contributed by atoms with van der Waals surface area (Å²) in [6, 6.07) is 15.9. The number of halogens is 1. The molecule has 0 aliphatic rings. The van der Waals surface area contributed by atoms with Crippen LogP contribution in [0.3, 0.4) is 0 Å². The van der Waals surface area contributed by atoms with Gasteiger partial charge in [0, 0.05) is 11.6 Å². The van der Waals surface area contributed by atoms with Gasteiger partial charge in [-0.1, -0.05) is 29.8 Å². The molecule has 1 N–H and O–H groups in total. The van der Waals surface area contributed by atoms with E-state index in [1.807, 2.05) is 18.2 Å². The van der Waals surface area contributed by atoms with Crippen LogP contribution in [0.4, 0.5) is 0 Å². The Kier molecular flexibility index (Phi) is 6.37. The van der Waals surface area contributed by atoms with Crippen LogP contribution in [0.1, 0.15) is 10.4 Å². The van der Waals surface area contributed by atoms with Crippen LogP contribution in [0.5, 0.6) is 17.4 Å². The first-order valence-corrected chi connectivity index (χ1v) is 10.1. The van der Waals surface area contributed by atoms with Crippen molar-refractivity contribution in [1.82, 2.24) is 25.1 Å². The Morgan fingerprint density at radius 1 is 1.03 bits per heavy atom. The van der Waals surface area contributed by atoms with Gasteiger partial charge >= 0.3 is 0 Å². The van der Waals surface area contributed by atoms with Crippen molar-refractivity contribution in [3.8, 4) is 28.8 Å². The molecule has 0 saturated carbocycles. The van der Waals surface area contributed by atoms with Crippen molar-refractivity contribution in [2.75, 3.05) is 27.4 Å². The van der Waals surface area contributed by atoms with Crippen LogP contribution in [0.25, 0.3) is 17.0 Å². The van der Waals surface area contributed by atoms with Gasteiger partial charge in [0.05, 0.1) is 31.4 Å². The van der Waals surface area contributed by atoms with E-state index in [2.05, 4.69) is 20.6 Å². The monoisotopic (exact) mass is 453 g/mol. The molecule has 0 bridgehead atoms. The fraction of sp³-hybridized carbons (Fsp3) is 0.182. The number of methoxy groups -OCH3 is 2. The highest BCUT2D eigenvalue weighted by atomic mass is 35.5. The zero-order valence-corrected chi connectivity index (χ0v) is 18.2. The van der Waals surface area contributed by atoms with E-state index < -0.39 is 0 Å². The summed E-state index contributed by atoms with van der Waals surface area (Å²) in [5.74, 6) is 1.43. The molecule has 0 spiro atoms.